The lowest BCUT2D eigenvalue weighted by molar-refractivity contribution is 0.0747. The molecule has 44 heavy (non-hydrogen) atoms. The summed E-state index contributed by atoms with van der Waals surface area (Å²) in [5, 5.41) is 23.0. The monoisotopic (exact) mass is 592 g/mol. The second-order valence-electron chi connectivity index (χ2n) is 12.0. The zero-order valence-corrected chi connectivity index (χ0v) is 25.2. The molecule has 8 rings (SSSR count). The Kier molecular flexibility index (Phi) is 7.14. The van der Waals surface area contributed by atoms with Crippen molar-refractivity contribution in [1.82, 2.24) is 29.6 Å². The molecule has 3 aliphatic rings. The lowest BCUT2D eigenvalue weighted by atomic mass is 9.71. The quantitative estimate of drug-likeness (QED) is 0.234. The summed E-state index contributed by atoms with van der Waals surface area (Å²) in [6.07, 6.45) is 4.73. The average molecular weight is 593 g/mol. The first-order valence-corrected chi connectivity index (χ1v) is 15.1. The molecule has 11 nitrogen and oxygen atoms in total. The number of aromatic nitrogens is 5. The molecule has 0 aliphatic carbocycles. The van der Waals surface area contributed by atoms with Gasteiger partial charge in [0.25, 0.3) is 11.4 Å². The van der Waals surface area contributed by atoms with E-state index < -0.39 is 6.04 Å². The van der Waals surface area contributed by atoms with Crippen molar-refractivity contribution in [3.63, 3.8) is 0 Å². The highest BCUT2D eigenvalue weighted by atomic mass is 16.5. The third-order valence-corrected chi connectivity index (χ3v) is 9.60. The number of benzene rings is 2. The molecule has 6 heterocycles. The van der Waals surface area contributed by atoms with Gasteiger partial charge in [0.15, 0.2) is 5.82 Å². The number of nitrogens with one attached hydrogen (secondary N) is 2. The molecule has 2 bridgehead atoms. The molecule has 0 saturated carbocycles. The van der Waals surface area contributed by atoms with Crippen molar-refractivity contribution >= 4 is 28.2 Å². The Hall–Kier alpha value is -4.61. The Bertz CT molecular complexity index is 1880. The Morgan fingerprint density at radius 3 is 2.50 bits per heavy atom. The largest absolute Gasteiger partial charge is 0.394 e. The van der Waals surface area contributed by atoms with Crippen LogP contribution in [-0.2, 0) is 12.5 Å². The fourth-order valence-electron chi connectivity index (χ4n) is 6.53. The van der Waals surface area contributed by atoms with Crippen molar-refractivity contribution in [2.45, 2.75) is 44.6 Å². The summed E-state index contributed by atoms with van der Waals surface area (Å²) < 4.78 is 7.53. The highest BCUT2D eigenvalue weighted by Crippen LogP contribution is 2.42. The Morgan fingerprint density at radius 1 is 1.02 bits per heavy atom. The molecule has 11 heteroatoms. The number of aryl methyl sites for hydroxylation is 1. The van der Waals surface area contributed by atoms with Gasteiger partial charge >= 0.3 is 0 Å². The summed E-state index contributed by atoms with van der Waals surface area (Å²) in [4.78, 5) is 29.7. The maximum atomic E-state index is 12.8. The van der Waals surface area contributed by atoms with E-state index in [9.17, 15) is 9.90 Å². The van der Waals surface area contributed by atoms with Crippen LogP contribution in [0.15, 0.2) is 64.0 Å². The van der Waals surface area contributed by atoms with E-state index in [1.807, 2.05) is 62.4 Å². The molecule has 3 N–H and O–H groups in total. The molecule has 3 fully saturated rings. The van der Waals surface area contributed by atoms with Crippen molar-refractivity contribution in [2.24, 2.45) is 7.05 Å². The van der Waals surface area contributed by atoms with Gasteiger partial charge in [-0.2, -0.15) is 9.97 Å². The van der Waals surface area contributed by atoms with Gasteiger partial charge in [-0.05, 0) is 87.5 Å². The van der Waals surface area contributed by atoms with Gasteiger partial charge in [-0.25, -0.2) is 4.98 Å². The zero-order valence-electron chi connectivity index (χ0n) is 25.2. The van der Waals surface area contributed by atoms with Crippen LogP contribution in [0.5, 0.6) is 0 Å². The lowest BCUT2D eigenvalue weighted by Crippen LogP contribution is -2.51. The molecule has 0 unspecified atom stereocenters. The smallest absolute Gasteiger partial charge is 0.263 e. The van der Waals surface area contributed by atoms with E-state index >= 15 is 0 Å². The highest BCUT2D eigenvalue weighted by molar-refractivity contribution is 5.89. The van der Waals surface area contributed by atoms with E-state index in [-0.39, 0.29) is 17.6 Å². The van der Waals surface area contributed by atoms with Gasteiger partial charge in [-0.1, -0.05) is 35.5 Å². The average Bonchev–Trinajstić information content (AvgIpc) is 3.58. The first kappa shape index (κ1) is 28.2. The third kappa shape index (κ3) is 4.91. The summed E-state index contributed by atoms with van der Waals surface area (Å²) >= 11 is 0. The topological polar surface area (TPSA) is 134 Å². The van der Waals surface area contributed by atoms with Gasteiger partial charge in [-0.15, -0.1) is 0 Å². The van der Waals surface area contributed by atoms with Crippen LogP contribution in [-0.4, -0.2) is 60.9 Å². The molecule has 3 aromatic heterocycles. The van der Waals surface area contributed by atoms with Gasteiger partial charge < -0.3 is 29.7 Å². The number of rotatable bonds is 8. The van der Waals surface area contributed by atoms with Crippen LogP contribution in [0.2, 0.25) is 0 Å². The molecule has 1 atom stereocenters. The molecule has 5 aromatic rings. The molecule has 2 aromatic carbocycles. The molecule has 226 valence electrons. The SMILES string of the molecule is Cc1c(C)n(C)c(=O)c2ccc(Nc3ncc(-c4nc(C56CCN(CC5)CC6)no4)c(N[C@H](CO)c4ccccc4)n3)cc12. The van der Waals surface area contributed by atoms with Crippen LogP contribution in [0.4, 0.5) is 17.5 Å². The van der Waals surface area contributed by atoms with Crippen LogP contribution in [0.25, 0.3) is 22.2 Å². The lowest BCUT2D eigenvalue weighted by Gasteiger charge is -2.46. The highest BCUT2D eigenvalue weighted by Gasteiger charge is 2.44. The minimum Gasteiger partial charge on any atom is -0.394 e. The van der Waals surface area contributed by atoms with Gasteiger partial charge in [0, 0.05) is 35.4 Å². The molecule has 3 aliphatic heterocycles. The minimum atomic E-state index is -0.427. The van der Waals surface area contributed by atoms with Crippen LogP contribution in [0.1, 0.15) is 47.9 Å². The molecule has 3 saturated heterocycles. The number of hydrogen-bond donors (Lipinski definition) is 3. The predicted molar refractivity (Wildman–Crippen MR) is 169 cm³/mol. The van der Waals surface area contributed by atoms with E-state index in [4.69, 9.17) is 14.5 Å². The van der Waals surface area contributed by atoms with Crippen molar-refractivity contribution < 1.29 is 9.63 Å². The van der Waals surface area contributed by atoms with E-state index in [1.165, 1.54) is 0 Å². The Labute approximate surface area is 255 Å². The van der Waals surface area contributed by atoms with Crippen LogP contribution < -0.4 is 16.2 Å². The minimum absolute atomic E-state index is 0.0325. The summed E-state index contributed by atoms with van der Waals surface area (Å²) in [5.74, 6) is 1.89. The van der Waals surface area contributed by atoms with Crippen molar-refractivity contribution in [1.29, 1.82) is 0 Å². The number of pyridine rings is 1. The van der Waals surface area contributed by atoms with Gasteiger partial charge in [0.1, 0.15) is 11.4 Å². The fourth-order valence-corrected chi connectivity index (χ4v) is 6.53. The first-order valence-electron chi connectivity index (χ1n) is 15.1. The van der Waals surface area contributed by atoms with E-state index in [1.54, 1.807) is 17.8 Å². The number of aliphatic hydroxyl groups excluding tert-OH is 1. The van der Waals surface area contributed by atoms with Gasteiger partial charge in [0.2, 0.25) is 5.95 Å². The number of piperidine rings is 3. The number of aliphatic hydroxyl groups is 1. The summed E-state index contributed by atoms with van der Waals surface area (Å²) in [6.45, 7) is 6.97. The number of nitrogens with zero attached hydrogens (tertiary/aromatic N) is 6. The van der Waals surface area contributed by atoms with Crippen LogP contribution in [0.3, 0.4) is 0 Å². The number of anilines is 3. The Morgan fingerprint density at radius 2 is 1.77 bits per heavy atom. The molecule has 0 amide bonds. The number of fused-ring (bicyclic) bond motifs is 4. The summed E-state index contributed by atoms with van der Waals surface area (Å²) in [5.41, 5.74) is 4.08. The van der Waals surface area contributed by atoms with Crippen LogP contribution in [0, 0.1) is 13.8 Å². The van der Waals surface area contributed by atoms with E-state index in [2.05, 4.69) is 25.7 Å². The van der Waals surface area contributed by atoms with Gasteiger partial charge in [-0.3, -0.25) is 4.79 Å². The van der Waals surface area contributed by atoms with Crippen molar-refractivity contribution in [2.75, 3.05) is 36.9 Å². The molecule has 0 spiro atoms. The van der Waals surface area contributed by atoms with Crippen molar-refractivity contribution in [3.8, 4) is 11.5 Å². The molecular weight excluding hydrogens is 556 g/mol. The fraction of sp³-hybridized carbons (Fsp3) is 0.364. The molecule has 0 radical (unpaired) electrons. The standard InChI is InChI=1S/C33H36N8O3/c1-20-21(2)40(3)30(43)24-10-9-23(17-25(20)24)35-32-34-18-26(28(37-32)36-27(19-42)22-7-5-4-6-8-22)29-38-31(39-44-29)33-11-14-41(15-12-33)16-13-33/h4-10,17-18,27,42H,11-16,19H2,1-3H3,(H2,34,35,36,37)/t27-/m1/s1. The maximum Gasteiger partial charge on any atom is 0.263 e. The zero-order chi connectivity index (χ0) is 30.4. The molecular formula is C33H36N8O3. The van der Waals surface area contributed by atoms with E-state index in [0.717, 1.165) is 72.6 Å². The van der Waals surface area contributed by atoms with E-state index in [0.29, 0.717) is 28.6 Å². The van der Waals surface area contributed by atoms with Crippen LogP contribution >= 0.6 is 0 Å². The van der Waals surface area contributed by atoms with Crippen molar-refractivity contribution in [3.05, 3.63) is 87.7 Å². The normalized spacial score (nSPS) is 20.1. The Balaban J connectivity index is 1.26. The third-order valence-electron chi connectivity index (χ3n) is 9.60. The second-order valence-corrected chi connectivity index (χ2v) is 12.0. The maximum absolute atomic E-state index is 12.8. The summed E-state index contributed by atoms with van der Waals surface area (Å²) in [7, 11) is 1.79. The second kappa shape index (κ2) is 11.1. The predicted octanol–water partition coefficient (Wildman–Crippen LogP) is 4.62. The first-order chi connectivity index (χ1) is 21.3. The summed E-state index contributed by atoms with van der Waals surface area (Å²) in [6, 6.07) is 14.9. The number of hydrogen-bond acceptors (Lipinski definition) is 10. The van der Waals surface area contributed by atoms with Gasteiger partial charge in [0.05, 0.1) is 12.6 Å².